The van der Waals surface area contributed by atoms with Gasteiger partial charge in [0.1, 0.15) is 0 Å². The molecule has 1 heterocycles. The Bertz CT molecular complexity index is 540. The molecular formula is C13H12BF4NO. The molecule has 0 saturated heterocycles. The summed E-state index contributed by atoms with van der Waals surface area (Å²) in [6.45, 7) is 5.03. The number of terminal acetylenes is 1. The lowest BCUT2D eigenvalue weighted by atomic mass is 10.2. The van der Waals surface area contributed by atoms with Crippen LogP contribution in [0.15, 0.2) is 42.7 Å². The first-order chi connectivity index (χ1) is 9.31. The lowest BCUT2D eigenvalue weighted by molar-refractivity contribution is -0.501. The van der Waals surface area contributed by atoms with Gasteiger partial charge in [-0.15, -0.1) is 6.42 Å². The molecule has 0 fully saturated rings. The van der Waals surface area contributed by atoms with Crippen molar-refractivity contribution in [3.05, 3.63) is 48.2 Å². The maximum atomic E-state index is 9.75. The molecule has 0 atom stereocenters. The Kier molecular flexibility index (Phi) is 5.38. The highest BCUT2D eigenvalue weighted by Gasteiger charge is 2.27. The molecule has 0 spiro atoms. The summed E-state index contributed by atoms with van der Waals surface area (Å²) in [5.41, 5.74) is 1.03. The lowest BCUT2D eigenvalue weighted by Crippen LogP contribution is -2.17. The predicted octanol–water partition coefficient (Wildman–Crippen LogP) is 2.92. The van der Waals surface area contributed by atoms with Gasteiger partial charge in [-0.1, -0.05) is 24.8 Å². The fraction of sp³-hybridized carbons (Fsp3) is 0.154. The van der Waals surface area contributed by atoms with Crippen molar-refractivity contribution in [1.29, 1.82) is 0 Å². The predicted molar refractivity (Wildman–Crippen MR) is 69.8 cm³/mol. The van der Waals surface area contributed by atoms with Crippen LogP contribution >= 0.6 is 0 Å². The molecule has 2 nitrogen and oxygen atoms in total. The molecule has 0 amide bonds. The van der Waals surface area contributed by atoms with Crippen molar-refractivity contribution in [3.8, 4) is 12.3 Å². The van der Waals surface area contributed by atoms with Crippen LogP contribution < -0.4 is 0 Å². The van der Waals surface area contributed by atoms with E-state index in [2.05, 4.69) is 12.5 Å². The van der Waals surface area contributed by atoms with Gasteiger partial charge in [-0.05, 0) is 18.1 Å². The van der Waals surface area contributed by atoms with E-state index in [1.54, 1.807) is 0 Å². The van der Waals surface area contributed by atoms with Crippen LogP contribution in [0.2, 0.25) is 0 Å². The summed E-state index contributed by atoms with van der Waals surface area (Å²) in [6, 6.07) is 9.91. The summed E-state index contributed by atoms with van der Waals surface area (Å²) >= 11 is 0. The van der Waals surface area contributed by atoms with Crippen molar-refractivity contribution in [2.45, 2.75) is 0 Å². The Hall–Kier alpha value is -2.23. The van der Waals surface area contributed by atoms with Crippen LogP contribution in [-0.2, 0) is 4.74 Å². The first kappa shape index (κ1) is 15.8. The fourth-order valence-corrected chi connectivity index (χ4v) is 1.58. The van der Waals surface area contributed by atoms with Gasteiger partial charge in [0.05, 0.1) is 5.56 Å². The second kappa shape index (κ2) is 6.80. The average Bonchev–Trinajstić information content (AvgIpc) is 2.70. The Labute approximate surface area is 114 Å². The molecule has 2 rings (SSSR count). The summed E-state index contributed by atoms with van der Waals surface area (Å²) in [6.07, 6.45) is 5.30. The van der Waals surface area contributed by atoms with Gasteiger partial charge >= 0.3 is 13.2 Å². The Balaban J connectivity index is 0.000000347. The third-order valence-corrected chi connectivity index (χ3v) is 2.20. The van der Waals surface area contributed by atoms with E-state index in [9.17, 15) is 17.3 Å². The van der Waals surface area contributed by atoms with E-state index >= 15 is 0 Å². The van der Waals surface area contributed by atoms with Crippen LogP contribution in [0.3, 0.4) is 0 Å². The zero-order valence-corrected chi connectivity index (χ0v) is 10.5. The normalized spacial score (nSPS) is 14.2. The Morgan fingerprint density at radius 3 is 2.30 bits per heavy atom. The van der Waals surface area contributed by atoms with Gasteiger partial charge in [-0.3, -0.25) is 0 Å². The van der Waals surface area contributed by atoms with Gasteiger partial charge in [-0.25, -0.2) is 0 Å². The number of hydrogen-bond acceptors (Lipinski definition) is 1. The van der Waals surface area contributed by atoms with E-state index in [0.717, 1.165) is 17.2 Å². The number of ether oxygens (including phenoxy) is 1. The highest BCUT2D eigenvalue weighted by atomic mass is 19.5. The van der Waals surface area contributed by atoms with Crippen molar-refractivity contribution in [2.75, 3.05) is 13.1 Å². The van der Waals surface area contributed by atoms with E-state index in [-0.39, 0.29) is 0 Å². The summed E-state index contributed by atoms with van der Waals surface area (Å²) in [4.78, 5) is 0. The number of halogens is 4. The Morgan fingerprint density at radius 2 is 1.80 bits per heavy atom. The standard InChI is InChI=1S/C13H12NO.BF4/c1-3-9-14-10-11(2)15-13(14)12-7-5-4-6-8-12;2-1(3,4)5/h1,4-8H,2,9-10H2;/q+1;-1. The smallest absolute Gasteiger partial charge is 0.418 e. The number of rotatable bonds is 2. The molecule has 0 bridgehead atoms. The van der Waals surface area contributed by atoms with Crippen LogP contribution in [-0.4, -0.2) is 30.8 Å². The zero-order chi connectivity index (χ0) is 15.2. The number of hydrogen-bond donors (Lipinski definition) is 0. The van der Waals surface area contributed by atoms with Gasteiger partial charge < -0.3 is 22.0 Å². The maximum Gasteiger partial charge on any atom is 0.673 e. The van der Waals surface area contributed by atoms with Crippen molar-refractivity contribution in [3.63, 3.8) is 0 Å². The monoisotopic (exact) mass is 285 g/mol. The highest BCUT2D eigenvalue weighted by Crippen LogP contribution is 2.12. The van der Waals surface area contributed by atoms with Crippen molar-refractivity contribution >= 4 is 13.2 Å². The van der Waals surface area contributed by atoms with Crippen LogP contribution in [0, 0.1) is 12.3 Å². The second-order valence-electron chi connectivity index (χ2n) is 3.87. The molecule has 1 aromatic carbocycles. The van der Waals surface area contributed by atoms with E-state index in [0.29, 0.717) is 13.1 Å². The molecule has 20 heavy (non-hydrogen) atoms. The van der Waals surface area contributed by atoms with Gasteiger partial charge in [-0.2, -0.15) is 4.58 Å². The van der Waals surface area contributed by atoms with Crippen LogP contribution in [0.25, 0.3) is 0 Å². The summed E-state index contributed by atoms with van der Waals surface area (Å²) < 4.78 is 46.6. The van der Waals surface area contributed by atoms with E-state index in [1.165, 1.54) is 0 Å². The quantitative estimate of drug-likeness (QED) is 0.352. The van der Waals surface area contributed by atoms with Gasteiger partial charge in [0.15, 0.2) is 5.76 Å². The van der Waals surface area contributed by atoms with Crippen LogP contribution in [0.4, 0.5) is 17.3 Å². The zero-order valence-electron chi connectivity index (χ0n) is 10.5. The summed E-state index contributed by atoms with van der Waals surface area (Å²) in [7, 11) is -6.00. The van der Waals surface area contributed by atoms with Gasteiger partial charge in [0, 0.05) is 0 Å². The molecule has 0 radical (unpaired) electrons. The van der Waals surface area contributed by atoms with Crippen molar-refractivity contribution in [1.82, 2.24) is 0 Å². The molecule has 1 aliphatic rings. The van der Waals surface area contributed by atoms with E-state index in [1.807, 2.05) is 34.9 Å². The summed E-state index contributed by atoms with van der Waals surface area (Å²) in [5, 5.41) is 0. The molecule has 0 aromatic heterocycles. The molecule has 106 valence electrons. The number of nitrogens with zero attached hydrogens (tertiary/aromatic N) is 1. The van der Waals surface area contributed by atoms with Gasteiger partial charge in [0.2, 0.25) is 13.1 Å². The molecule has 0 aliphatic carbocycles. The molecule has 7 heteroatoms. The minimum Gasteiger partial charge on any atom is -0.418 e. The molecular weight excluding hydrogens is 273 g/mol. The molecule has 1 aliphatic heterocycles. The second-order valence-corrected chi connectivity index (χ2v) is 3.87. The first-order valence-electron chi connectivity index (χ1n) is 5.65. The third kappa shape index (κ3) is 5.61. The molecule has 1 aromatic rings. The maximum absolute atomic E-state index is 9.75. The van der Waals surface area contributed by atoms with E-state index < -0.39 is 7.25 Å². The molecule has 0 N–H and O–H groups in total. The third-order valence-electron chi connectivity index (χ3n) is 2.20. The highest BCUT2D eigenvalue weighted by molar-refractivity contribution is 6.50. The topological polar surface area (TPSA) is 12.2 Å². The SMILES string of the molecule is C#CC[N+]1=C(c2ccccc2)OC(=C)C1.F[B-](F)(F)F. The minimum atomic E-state index is -6.00. The van der Waals surface area contributed by atoms with E-state index in [4.69, 9.17) is 11.2 Å². The number of benzene rings is 1. The minimum absolute atomic E-state index is 0.545. The van der Waals surface area contributed by atoms with Gasteiger partial charge in [0.25, 0.3) is 0 Å². The summed E-state index contributed by atoms with van der Waals surface area (Å²) in [5.74, 6) is 4.16. The van der Waals surface area contributed by atoms with Crippen LogP contribution in [0.1, 0.15) is 5.56 Å². The lowest BCUT2D eigenvalue weighted by Gasteiger charge is -1.97. The average molecular weight is 285 g/mol. The largest absolute Gasteiger partial charge is 0.673 e. The molecule has 0 saturated carbocycles. The Morgan fingerprint density at radius 1 is 1.25 bits per heavy atom. The first-order valence-corrected chi connectivity index (χ1v) is 5.65. The van der Waals surface area contributed by atoms with Crippen molar-refractivity contribution in [2.24, 2.45) is 0 Å². The van der Waals surface area contributed by atoms with Crippen LogP contribution in [0.5, 0.6) is 0 Å². The van der Waals surface area contributed by atoms with Crippen molar-refractivity contribution < 1.29 is 26.6 Å². The fourth-order valence-electron chi connectivity index (χ4n) is 1.58. The molecule has 0 unspecified atom stereocenters.